The third kappa shape index (κ3) is 2.00. The SMILES string of the molecule is Cc1nnc2c(N(C)c3cccc(CN)c3)nccn12. The zero-order chi connectivity index (χ0) is 14.1. The van der Waals surface area contributed by atoms with E-state index in [0.29, 0.717) is 6.54 Å². The Morgan fingerprint density at radius 2 is 2.15 bits per heavy atom. The van der Waals surface area contributed by atoms with E-state index >= 15 is 0 Å². The van der Waals surface area contributed by atoms with Crippen LogP contribution < -0.4 is 10.6 Å². The van der Waals surface area contributed by atoms with Crippen molar-refractivity contribution in [1.29, 1.82) is 0 Å². The van der Waals surface area contributed by atoms with Crippen LogP contribution in [0.5, 0.6) is 0 Å². The monoisotopic (exact) mass is 268 g/mol. The molecule has 0 spiro atoms. The predicted molar refractivity (Wildman–Crippen MR) is 77.9 cm³/mol. The summed E-state index contributed by atoms with van der Waals surface area (Å²) in [7, 11) is 1.96. The summed E-state index contributed by atoms with van der Waals surface area (Å²) in [6, 6.07) is 8.07. The molecular formula is C14H16N6. The lowest BCUT2D eigenvalue weighted by Gasteiger charge is -2.19. The second kappa shape index (κ2) is 4.90. The molecule has 2 N–H and O–H groups in total. The Morgan fingerprint density at radius 3 is 2.95 bits per heavy atom. The molecule has 0 atom stereocenters. The first-order valence-corrected chi connectivity index (χ1v) is 6.40. The van der Waals surface area contributed by atoms with Crippen LogP contribution >= 0.6 is 0 Å². The van der Waals surface area contributed by atoms with Gasteiger partial charge < -0.3 is 10.6 Å². The first kappa shape index (κ1) is 12.6. The van der Waals surface area contributed by atoms with E-state index in [1.54, 1.807) is 6.20 Å². The van der Waals surface area contributed by atoms with E-state index < -0.39 is 0 Å². The van der Waals surface area contributed by atoms with E-state index in [9.17, 15) is 0 Å². The number of anilines is 2. The molecule has 1 aromatic carbocycles. The summed E-state index contributed by atoms with van der Waals surface area (Å²) >= 11 is 0. The molecule has 0 amide bonds. The topological polar surface area (TPSA) is 72.3 Å². The van der Waals surface area contributed by atoms with Gasteiger partial charge in [0.15, 0.2) is 5.82 Å². The first-order valence-electron chi connectivity index (χ1n) is 6.40. The van der Waals surface area contributed by atoms with Gasteiger partial charge in [-0.05, 0) is 24.6 Å². The molecular weight excluding hydrogens is 252 g/mol. The lowest BCUT2D eigenvalue weighted by atomic mass is 10.2. The highest BCUT2D eigenvalue weighted by Crippen LogP contribution is 2.25. The summed E-state index contributed by atoms with van der Waals surface area (Å²) in [5, 5.41) is 8.28. The maximum atomic E-state index is 5.69. The quantitative estimate of drug-likeness (QED) is 0.782. The van der Waals surface area contributed by atoms with Crippen LogP contribution in [-0.2, 0) is 6.54 Å². The molecule has 0 radical (unpaired) electrons. The summed E-state index contributed by atoms with van der Waals surface area (Å²) in [5.41, 5.74) is 8.54. The maximum absolute atomic E-state index is 5.69. The average Bonchev–Trinajstić information content (AvgIpc) is 2.88. The fourth-order valence-corrected chi connectivity index (χ4v) is 2.18. The minimum absolute atomic E-state index is 0.517. The van der Waals surface area contributed by atoms with E-state index in [1.165, 1.54) is 0 Å². The van der Waals surface area contributed by atoms with Gasteiger partial charge >= 0.3 is 0 Å². The molecule has 6 nitrogen and oxygen atoms in total. The first-order chi connectivity index (χ1) is 9.70. The molecule has 20 heavy (non-hydrogen) atoms. The normalized spacial score (nSPS) is 10.9. The molecule has 0 fully saturated rings. The van der Waals surface area contributed by atoms with Gasteiger partial charge in [-0.3, -0.25) is 4.40 Å². The Bertz CT molecular complexity index is 748. The highest BCUT2D eigenvalue weighted by Gasteiger charge is 2.13. The van der Waals surface area contributed by atoms with Crippen LogP contribution in [-0.4, -0.2) is 26.6 Å². The predicted octanol–water partition coefficient (Wildman–Crippen LogP) is 1.66. The Balaban J connectivity index is 2.10. The molecule has 3 aromatic rings. The summed E-state index contributed by atoms with van der Waals surface area (Å²) in [6.07, 6.45) is 3.61. The van der Waals surface area contributed by atoms with Crippen molar-refractivity contribution in [2.24, 2.45) is 5.73 Å². The molecule has 0 aliphatic carbocycles. The van der Waals surface area contributed by atoms with Crippen molar-refractivity contribution in [2.45, 2.75) is 13.5 Å². The van der Waals surface area contributed by atoms with E-state index in [0.717, 1.165) is 28.5 Å². The zero-order valence-electron chi connectivity index (χ0n) is 11.5. The van der Waals surface area contributed by atoms with Gasteiger partial charge in [0.05, 0.1) is 0 Å². The van der Waals surface area contributed by atoms with Crippen LogP contribution in [0.1, 0.15) is 11.4 Å². The molecule has 0 bridgehead atoms. The van der Waals surface area contributed by atoms with E-state index in [2.05, 4.69) is 21.2 Å². The van der Waals surface area contributed by atoms with Gasteiger partial charge in [0.2, 0.25) is 5.65 Å². The van der Waals surface area contributed by atoms with Crippen molar-refractivity contribution < 1.29 is 0 Å². The van der Waals surface area contributed by atoms with Crippen molar-refractivity contribution in [3.63, 3.8) is 0 Å². The molecule has 0 saturated heterocycles. The number of nitrogens with two attached hydrogens (primary N) is 1. The van der Waals surface area contributed by atoms with Gasteiger partial charge in [0, 0.05) is 31.7 Å². The average molecular weight is 268 g/mol. The van der Waals surface area contributed by atoms with Crippen LogP contribution in [0.2, 0.25) is 0 Å². The molecule has 0 aliphatic heterocycles. The van der Waals surface area contributed by atoms with Crippen LogP contribution in [0.4, 0.5) is 11.5 Å². The number of aromatic nitrogens is 4. The Labute approximate surface area is 116 Å². The third-order valence-corrected chi connectivity index (χ3v) is 3.33. The molecule has 2 aromatic heterocycles. The van der Waals surface area contributed by atoms with Crippen molar-refractivity contribution in [1.82, 2.24) is 19.6 Å². The fraction of sp³-hybridized carbons (Fsp3) is 0.214. The van der Waals surface area contributed by atoms with Crippen LogP contribution in [0.25, 0.3) is 5.65 Å². The Hall–Kier alpha value is -2.47. The van der Waals surface area contributed by atoms with E-state index in [4.69, 9.17) is 5.73 Å². The van der Waals surface area contributed by atoms with Crippen molar-refractivity contribution in [3.05, 3.63) is 48.0 Å². The highest BCUT2D eigenvalue weighted by molar-refractivity contribution is 5.71. The van der Waals surface area contributed by atoms with Gasteiger partial charge in [-0.25, -0.2) is 4.98 Å². The van der Waals surface area contributed by atoms with Gasteiger partial charge in [-0.15, -0.1) is 10.2 Å². The number of hydrogen-bond donors (Lipinski definition) is 1. The summed E-state index contributed by atoms with van der Waals surface area (Å²) in [4.78, 5) is 6.41. The van der Waals surface area contributed by atoms with Crippen LogP contribution in [0, 0.1) is 6.92 Å². The number of hydrogen-bond acceptors (Lipinski definition) is 5. The molecule has 0 saturated carbocycles. The standard InChI is InChI=1S/C14H16N6/c1-10-17-18-14-13(16-6-7-20(10)14)19(2)12-5-3-4-11(8-12)9-15/h3-8H,9,15H2,1-2H3. The Morgan fingerprint density at radius 1 is 1.30 bits per heavy atom. The van der Waals surface area contributed by atoms with Crippen molar-refractivity contribution in [3.8, 4) is 0 Å². The second-order valence-electron chi connectivity index (χ2n) is 4.62. The number of rotatable bonds is 3. The molecule has 102 valence electrons. The summed E-state index contributed by atoms with van der Waals surface area (Å²) < 4.78 is 1.92. The summed E-state index contributed by atoms with van der Waals surface area (Å²) in [5.74, 6) is 1.61. The zero-order valence-corrected chi connectivity index (χ0v) is 11.5. The second-order valence-corrected chi connectivity index (χ2v) is 4.62. The van der Waals surface area contributed by atoms with Crippen LogP contribution in [0.3, 0.4) is 0 Å². The van der Waals surface area contributed by atoms with Crippen LogP contribution in [0.15, 0.2) is 36.7 Å². The number of nitrogens with zero attached hydrogens (tertiary/aromatic N) is 5. The largest absolute Gasteiger partial charge is 0.326 e. The minimum Gasteiger partial charge on any atom is -0.326 e. The third-order valence-electron chi connectivity index (χ3n) is 3.33. The molecule has 6 heteroatoms. The Kier molecular flexibility index (Phi) is 3.08. The number of aryl methyl sites for hydroxylation is 1. The van der Waals surface area contributed by atoms with Crippen molar-refractivity contribution >= 4 is 17.2 Å². The molecule has 2 heterocycles. The maximum Gasteiger partial charge on any atom is 0.204 e. The fourth-order valence-electron chi connectivity index (χ4n) is 2.18. The minimum atomic E-state index is 0.517. The number of benzene rings is 1. The van der Waals surface area contributed by atoms with Gasteiger partial charge in [-0.1, -0.05) is 12.1 Å². The molecule has 0 aliphatic rings. The highest BCUT2D eigenvalue weighted by atomic mass is 15.3. The van der Waals surface area contributed by atoms with Gasteiger partial charge in [-0.2, -0.15) is 0 Å². The van der Waals surface area contributed by atoms with Gasteiger partial charge in [0.25, 0.3) is 0 Å². The molecule has 3 rings (SSSR count). The number of fused-ring (bicyclic) bond motifs is 1. The lowest BCUT2D eigenvalue weighted by Crippen LogP contribution is -2.13. The van der Waals surface area contributed by atoms with Gasteiger partial charge in [0.1, 0.15) is 5.82 Å². The molecule has 0 unspecified atom stereocenters. The van der Waals surface area contributed by atoms with E-state index in [1.807, 2.05) is 47.7 Å². The van der Waals surface area contributed by atoms with Crippen molar-refractivity contribution in [2.75, 3.05) is 11.9 Å². The lowest BCUT2D eigenvalue weighted by molar-refractivity contribution is 0.998. The summed E-state index contributed by atoms with van der Waals surface area (Å²) in [6.45, 7) is 2.43. The smallest absolute Gasteiger partial charge is 0.204 e. The van der Waals surface area contributed by atoms with E-state index in [-0.39, 0.29) is 0 Å².